The number of aromatic nitrogens is 2. The number of benzene rings is 1. The molecule has 1 aliphatic rings. The normalized spacial score (nSPS) is 14.7. The van der Waals surface area contributed by atoms with Crippen molar-refractivity contribution in [3.05, 3.63) is 42.2 Å². The van der Waals surface area contributed by atoms with E-state index in [9.17, 15) is 9.59 Å². The molecule has 0 bridgehead atoms. The molecule has 0 saturated carbocycles. The minimum Gasteiger partial charge on any atom is -0.369 e. The molecule has 31 heavy (non-hydrogen) atoms. The molecule has 7 nitrogen and oxygen atoms in total. The van der Waals surface area contributed by atoms with Gasteiger partial charge in [0, 0.05) is 43.9 Å². The average molecular weight is 438 g/mol. The Kier molecular flexibility index (Phi) is 6.18. The van der Waals surface area contributed by atoms with Crippen molar-refractivity contribution < 1.29 is 9.59 Å². The summed E-state index contributed by atoms with van der Waals surface area (Å²) >= 11 is 1.66. The maximum atomic E-state index is 12.7. The van der Waals surface area contributed by atoms with E-state index in [4.69, 9.17) is 5.73 Å². The molecule has 1 fully saturated rings. The van der Waals surface area contributed by atoms with Gasteiger partial charge in [-0.05, 0) is 31.4 Å². The number of anilines is 1. The first-order valence-electron chi connectivity index (χ1n) is 10.5. The first-order valence-corrected chi connectivity index (χ1v) is 11.4. The standard InChI is InChI=1S/C23H27N5O2S/c1-15-25-22(18-14-19(31-23(18)26-15)16-6-4-3-5-7-16)27(2)11-10-20(29)28-12-8-17(9-13-28)21(24)30/h3-7,14,17H,8-13H2,1-2H3,(H2,24,30). The van der Waals surface area contributed by atoms with Crippen molar-refractivity contribution in [2.45, 2.75) is 26.2 Å². The van der Waals surface area contributed by atoms with Crippen LogP contribution in [0.1, 0.15) is 25.1 Å². The van der Waals surface area contributed by atoms with Crippen LogP contribution < -0.4 is 10.6 Å². The molecule has 1 aliphatic heterocycles. The van der Waals surface area contributed by atoms with Crippen LogP contribution in [0.15, 0.2) is 36.4 Å². The molecule has 2 aromatic heterocycles. The molecule has 0 atom stereocenters. The largest absolute Gasteiger partial charge is 0.369 e. The Labute approximate surface area is 185 Å². The number of nitrogens with zero attached hydrogens (tertiary/aromatic N) is 4. The van der Waals surface area contributed by atoms with Gasteiger partial charge >= 0.3 is 0 Å². The van der Waals surface area contributed by atoms with E-state index in [-0.39, 0.29) is 17.7 Å². The predicted molar refractivity (Wildman–Crippen MR) is 124 cm³/mol. The molecule has 0 radical (unpaired) electrons. The van der Waals surface area contributed by atoms with Crippen molar-refractivity contribution in [2.75, 3.05) is 31.6 Å². The van der Waals surface area contributed by atoms with Gasteiger partial charge in [0.2, 0.25) is 11.8 Å². The summed E-state index contributed by atoms with van der Waals surface area (Å²) < 4.78 is 0. The van der Waals surface area contributed by atoms with Crippen molar-refractivity contribution in [1.82, 2.24) is 14.9 Å². The number of thiophene rings is 1. The summed E-state index contributed by atoms with van der Waals surface area (Å²) in [6, 6.07) is 12.4. The highest BCUT2D eigenvalue weighted by Crippen LogP contribution is 2.36. The fourth-order valence-corrected chi connectivity index (χ4v) is 5.06. The molecular weight excluding hydrogens is 410 g/mol. The van der Waals surface area contributed by atoms with E-state index in [0.717, 1.165) is 32.3 Å². The van der Waals surface area contributed by atoms with Crippen LogP contribution in [0.25, 0.3) is 20.7 Å². The minimum atomic E-state index is -0.263. The second-order valence-corrected chi connectivity index (χ2v) is 9.05. The van der Waals surface area contributed by atoms with Gasteiger partial charge in [0.1, 0.15) is 16.5 Å². The molecule has 3 aromatic rings. The number of hydrogen-bond donors (Lipinski definition) is 1. The van der Waals surface area contributed by atoms with E-state index in [1.54, 1.807) is 11.3 Å². The van der Waals surface area contributed by atoms with Crippen molar-refractivity contribution in [3.8, 4) is 10.4 Å². The lowest BCUT2D eigenvalue weighted by Crippen LogP contribution is -2.42. The Morgan fingerprint density at radius 3 is 2.58 bits per heavy atom. The van der Waals surface area contributed by atoms with Gasteiger partial charge in [0.05, 0.1) is 5.39 Å². The molecule has 1 saturated heterocycles. The Balaban J connectivity index is 1.46. The van der Waals surface area contributed by atoms with Gasteiger partial charge in [-0.15, -0.1) is 11.3 Å². The SMILES string of the molecule is Cc1nc(N(C)CCC(=O)N2CCC(C(N)=O)CC2)c2cc(-c3ccccc3)sc2n1. The molecule has 1 aromatic carbocycles. The molecular formula is C23H27N5O2S. The van der Waals surface area contributed by atoms with Gasteiger partial charge in [0.15, 0.2) is 0 Å². The lowest BCUT2D eigenvalue weighted by Gasteiger charge is -2.31. The number of hydrogen-bond acceptors (Lipinski definition) is 6. The van der Waals surface area contributed by atoms with E-state index in [1.807, 2.05) is 42.0 Å². The van der Waals surface area contributed by atoms with Gasteiger partial charge in [-0.25, -0.2) is 9.97 Å². The minimum absolute atomic E-state index is 0.104. The number of carbonyl (C=O) groups excluding carboxylic acids is 2. The number of likely N-dealkylation sites (tertiary alicyclic amines) is 1. The summed E-state index contributed by atoms with van der Waals surface area (Å²) in [4.78, 5) is 39.3. The smallest absolute Gasteiger partial charge is 0.224 e. The monoisotopic (exact) mass is 437 g/mol. The quantitative estimate of drug-likeness (QED) is 0.639. The first-order chi connectivity index (χ1) is 14.9. The molecule has 0 aliphatic carbocycles. The van der Waals surface area contributed by atoms with Gasteiger partial charge in [-0.3, -0.25) is 9.59 Å². The summed E-state index contributed by atoms with van der Waals surface area (Å²) in [6.07, 6.45) is 1.71. The maximum absolute atomic E-state index is 12.7. The third-order valence-corrected chi connectivity index (χ3v) is 6.89. The number of fused-ring (bicyclic) bond motifs is 1. The van der Waals surface area contributed by atoms with E-state index >= 15 is 0 Å². The molecule has 4 rings (SSSR count). The van der Waals surface area contributed by atoms with Crippen LogP contribution in [-0.2, 0) is 9.59 Å². The van der Waals surface area contributed by atoms with E-state index in [1.165, 1.54) is 0 Å². The lowest BCUT2D eigenvalue weighted by atomic mass is 9.96. The van der Waals surface area contributed by atoms with Crippen LogP contribution in [0.2, 0.25) is 0 Å². The second-order valence-electron chi connectivity index (χ2n) is 8.02. The van der Waals surface area contributed by atoms with E-state index in [2.05, 4.69) is 28.2 Å². The van der Waals surface area contributed by atoms with Crippen LogP contribution >= 0.6 is 11.3 Å². The number of carbonyl (C=O) groups is 2. The summed E-state index contributed by atoms with van der Waals surface area (Å²) in [5, 5.41) is 1.01. The van der Waals surface area contributed by atoms with E-state index < -0.39 is 0 Å². The van der Waals surface area contributed by atoms with Crippen LogP contribution in [-0.4, -0.2) is 53.4 Å². The fraction of sp³-hybridized carbons (Fsp3) is 0.391. The van der Waals surface area contributed by atoms with Crippen molar-refractivity contribution >= 4 is 39.2 Å². The van der Waals surface area contributed by atoms with Gasteiger partial charge in [0.25, 0.3) is 0 Å². The zero-order valence-corrected chi connectivity index (χ0v) is 18.7. The van der Waals surface area contributed by atoms with Crippen molar-refractivity contribution in [3.63, 3.8) is 0 Å². The highest BCUT2D eigenvalue weighted by molar-refractivity contribution is 7.21. The summed E-state index contributed by atoms with van der Waals surface area (Å²) in [6.45, 7) is 3.65. The number of rotatable bonds is 6. The zero-order valence-electron chi connectivity index (χ0n) is 17.9. The van der Waals surface area contributed by atoms with E-state index in [0.29, 0.717) is 38.9 Å². The molecule has 162 valence electrons. The number of piperidine rings is 1. The van der Waals surface area contributed by atoms with Crippen LogP contribution in [0.4, 0.5) is 5.82 Å². The molecule has 0 unspecified atom stereocenters. The number of aryl methyl sites for hydroxylation is 1. The van der Waals surface area contributed by atoms with Crippen LogP contribution in [0, 0.1) is 12.8 Å². The fourth-order valence-electron chi connectivity index (χ4n) is 3.99. The third-order valence-electron chi connectivity index (χ3n) is 5.82. The number of primary amides is 1. The average Bonchev–Trinajstić information content (AvgIpc) is 3.21. The third kappa shape index (κ3) is 4.69. The molecule has 8 heteroatoms. The highest BCUT2D eigenvalue weighted by Gasteiger charge is 2.26. The van der Waals surface area contributed by atoms with Gasteiger partial charge < -0.3 is 15.5 Å². The Hall–Kier alpha value is -3.00. The molecule has 2 amide bonds. The van der Waals surface area contributed by atoms with Gasteiger partial charge in [-0.1, -0.05) is 30.3 Å². The van der Waals surface area contributed by atoms with Crippen LogP contribution in [0.5, 0.6) is 0 Å². The van der Waals surface area contributed by atoms with Crippen LogP contribution in [0.3, 0.4) is 0 Å². The topological polar surface area (TPSA) is 92.4 Å². The molecule has 2 N–H and O–H groups in total. The molecule has 0 spiro atoms. The van der Waals surface area contributed by atoms with Gasteiger partial charge in [-0.2, -0.15) is 0 Å². The Bertz CT molecular complexity index is 1090. The Morgan fingerprint density at radius 2 is 1.90 bits per heavy atom. The second kappa shape index (κ2) is 9.01. The van der Waals surface area contributed by atoms with Crippen molar-refractivity contribution in [1.29, 1.82) is 0 Å². The molecule has 3 heterocycles. The highest BCUT2D eigenvalue weighted by atomic mass is 32.1. The summed E-state index contributed by atoms with van der Waals surface area (Å²) in [7, 11) is 1.97. The summed E-state index contributed by atoms with van der Waals surface area (Å²) in [5.41, 5.74) is 6.55. The zero-order chi connectivity index (χ0) is 22.0. The Morgan fingerprint density at radius 1 is 1.19 bits per heavy atom. The maximum Gasteiger partial charge on any atom is 0.224 e. The lowest BCUT2D eigenvalue weighted by molar-refractivity contribution is -0.134. The van der Waals surface area contributed by atoms with Crippen molar-refractivity contribution in [2.24, 2.45) is 11.7 Å². The first kappa shape index (κ1) is 21.2. The number of amides is 2. The number of nitrogens with two attached hydrogens (primary N) is 1. The predicted octanol–water partition coefficient (Wildman–Crippen LogP) is 3.22. The summed E-state index contributed by atoms with van der Waals surface area (Å²) in [5.74, 6) is 1.30.